The summed E-state index contributed by atoms with van der Waals surface area (Å²) >= 11 is 8.90. The van der Waals surface area contributed by atoms with Gasteiger partial charge in [0.1, 0.15) is 10.9 Å². The van der Waals surface area contributed by atoms with Crippen LogP contribution in [0.3, 0.4) is 0 Å². The summed E-state index contributed by atoms with van der Waals surface area (Å²) in [5.74, 6) is -1.23. The van der Waals surface area contributed by atoms with E-state index in [9.17, 15) is 13.2 Å². The van der Waals surface area contributed by atoms with E-state index in [1.165, 1.54) is 12.1 Å². The molecule has 0 saturated carbocycles. The van der Waals surface area contributed by atoms with Crippen LogP contribution in [0, 0.1) is 0 Å². The first kappa shape index (κ1) is 15.4. The summed E-state index contributed by atoms with van der Waals surface area (Å²) in [7, 11) is -3.99. The molecule has 2 N–H and O–H groups in total. The van der Waals surface area contributed by atoms with Gasteiger partial charge in [-0.3, -0.25) is 4.79 Å². The second-order valence-electron chi connectivity index (χ2n) is 3.47. The molecule has 0 saturated heterocycles. The number of halogens is 2. The van der Waals surface area contributed by atoms with Gasteiger partial charge in [0.2, 0.25) is 10.0 Å². The summed E-state index contributed by atoms with van der Waals surface area (Å²) in [6, 6.07) is 3.34. The van der Waals surface area contributed by atoms with Crippen LogP contribution in [0.25, 0.3) is 0 Å². The van der Waals surface area contributed by atoms with Crippen molar-refractivity contribution in [1.82, 2.24) is 4.72 Å². The molecule has 1 rings (SSSR count). The average Bonchev–Trinajstić information content (AvgIpc) is 2.25. The van der Waals surface area contributed by atoms with E-state index in [0.717, 1.165) is 0 Å². The number of carboxylic acid groups (broad SMARTS) is 1. The molecule has 5 nitrogen and oxygen atoms in total. The predicted molar refractivity (Wildman–Crippen MR) is 71.2 cm³/mol. The van der Waals surface area contributed by atoms with Gasteiger partial charge >= 0.3 is 5.97 Å². The van der Waals surface area contributed by atoms with Gasteiger partial charge in [0.15, 0.2) is 0 Å². The first-order chi connectivity index (χ1) is 8.29. The van der Waals surface area contributed by atoms with Crippen LogP contribution in [0.1, 0.15) is 13.3 Å². The molecule has 1 atom stereocenters. The Morgan fingerprint density at radius 1 is 1.56 bits per heavy atom. The van der Waals surface area contributed by atoms with Crippen LogP contribution in [0.5, 0.6) is 0 Å². The number of rotatable bonds is 5. The Balaban J connectivity index is 3.19. The minimum atomic E-state index is -3.99. The largest absolute Gasteiger partial charge is 0.480 e. The fraction of sp³-hybridized carbons (Fsp3) is 0.300. The zero-order chi connectivity index (χ0) is 13.9. The molecule has 0 aliphatic rings. The van der Waals surface area contributed by atoms with E-state index < -0.39 is 22.0 Å². The monoisotopic (exact) mass is 355 g/mol. The molecule has 8 heteroatoms. The molecule has 0 radical (unpaired) electrons. The van der Waals surface area contributed by atoms with Crippen LogP contribution in [-0.2, 0) is 14.8 Å². The highest BCUT2D eigenvalue weighted by atomic mass is 79.9. The summed E-state index contributed by atoms with van der Waals surface area (Å²) in [5, 5.41) is 8.88. The Hall–Kier alpha value is -0.630. The van der Waals surface area contributed by atoms with Crippen LogP contribution < -0.4 is 4.72 Å². The van der Waals surface area contributed by atoms with Crippen molar-refractivity contribution in [1.29, 1.82) is 0 Å². The van der Waals surface area contributed by atoms with E-state index >= 15 is 0 Å². The normalized spacial score (nSPS) is 13.3. The van der Waals surface area contributed by atoms with Crippen molar-refractivity contribution in [2.45, 2.75) is 24.3 Å². The van der Waals surface area contributed by atoms with E-state index in [2.05, 4.69) is 20.7 Å². The first-order valence-corrected chi connectivity index (χ1v) is 7.64. The quantitative estimate of drug-likeness (QED) is 0.847. The predicted octanol–water partition coefficient (Wildman–Crippen LogP) is 2.24. The van der Waals surface area contributed by atoms with Crippen molar-refractivity contribution in [3.63, 3.8) is 0 Å². The maximum atomic E-state index is 12.1. The molecule has 1 aromatic rings. The fourth-order valence-electron chi connectivity index (χ4n) is 1.29. The Bertz CT molecular complexity index is 541. The van der Waals surface area contributed by atoms with E-state index in [-0.39, 0.29) is 20.8 Å². The lowest BCUT2D eigenvalue weighted by molar-refractivity contribution is -0.139. The number of hydrogen-bond donors (Lipinski definition) is 2. The van der Waals surface area contributed by atoms with Gasteiger partial charge in [-0.05, 0) is 34.5 Å². The van der Waals surface area contributed by atoms with Crippen molar-refractivity contribution in [3.8, 4) is 0 Å². The number of sulfonamides is 1. The molecular formula is C10H11BrClNO4S. The summed E-state index contributed by atoms with van der Waals surface area (Å²) < 4.78 is 26.5. The Labute approximate surface area is 118 Å². The van der Waals surface area contributed by atoms with Crippen LogP contribution >= 0.6 is 27.5 Å². The molecule has 0 spiro atoms. The van der Waals surface area contributed by atoms with Crippen LogP contribution in [-0.4, -0.2) is 25.5 Å². The SMILES string of the molecule is CC[C@H](NS(=O)(=O)c1c(Cl)cccc1Br)C(=O)O. The Morgan fingerprint density at radius 3 is 2.61 bits per heavy atom. The third kappa shape index (κ3) is 3.44. The molecule has 0 amide bonds. The number of hydrogen-bond acceptors (Lipinski definition) is 3. The highest BCUT2D eigenvalue weighted by Gasteiger charge is 2.27. The maximum Gasteiger partial charge on any atom is 0.321 e. The Morgan fingerprint density at radius 2 is 2.17 bits per heavy atom. The topological polar surface area (TPSA) is 83.5 Å². The zero-order valence-corrected chi connectivity index (χ0v) is 12.5. The second-order valence-corrected chi connectivity index (χ2v) is 6.38. The maximum absolute atomic E-state index is 12.1. The average molecular weight is 357 g/mol. The summed E-state index contributed by atoms with van der Waals surface area (Å²) in [6.07, 6.45) is 0.136. The zero-order valence-electron chi connectivity index (χ0n) is 9.35. The summed E-state index contributed by atoms with van der Waals surface area (Å²) in [6.45, 7) is 1.57. The molecule has 1 aromatic carbocycles. The van der Waals surface area contributed by atoms with Crippen molar-refractivity contribution in [2.75, 3.05) is 0 Å². The van der Waals surface area contributed by atoms with Crippen molar-refractivity contribution in [3.05, 3.63) is 27.7 Å². The van der Waals surface area contributed by atoms with Crippen molar-refractivity contribution in [2.24, 2.45) is 0 Å². The highest BCUT2D eigenvalue weighted by molar-refractivity contribution is 9.10. The third-order valence-corrected chi connectivity index (χ3v) is 5.11. The fourth-order valence-corrected chi connectivity index (χ4v) is 4.30. The van der Waals surface area contributed by atoms with Crippen LogP contribution in [0.2, 0.25) is 5.02 Å². The molecule has 18 heavy (non-hydrogen) atoms. The molecule has 0 unspecified atom stereocenters. The lowest BCUT2D eigenvalue weighted by Gasteiger charge is -2.14. The molecule has 0 fully saturated rings. The first-order valence-electron chi connectivity index (χ1n) is 4.98. The van der Waals surface area contributed by atoms with Crippen LogP contribution in [0.4, 0.5) is 0 Å². The summed E-state index contributed by atoms with van der Waals surface area (Å²) in [4.78, 5) is 10.7. The number of nitrogens with one attached hydrogen (secondary N) is 1. The second kappa shape index (κ2) is 6.01. The number of carbonyl (C=O) groups is 1. The molecule has 0 aromatic heterocycles. The third-order valence-electron chi connectivity index (χ3n) is 2.19. The van der Waals surface area contributed by atoms with Crippen molar-refractivity contribution < 1.29 is 18.3 Å². The lowest BCUT2D eigenvalue weighted by Crippen LogP contribution is -2.40. The van der Waals surface area contributed by atoms with Gasteiger partial charge < -0.3 is 5.11 Å². The Kier molecular flexibility index (Phi) is 5.15. The number of aliphatic carboxylic acids is 1. The minimum Gasteiger partial charge on any atom is -0.480 e. The van der Waals surface area contributed by atoms with Gasteiger partial charge in [0.25, 0.3) is 0 Å². The van der Waals surface area contributed by atoms with E-state index in [1.807, 2.05) is 0 Å². The minimum absolute atomic E-state index is 0.0251. The van der Waals surface area contributed by atoms with Gasteiger partial charge in [0.05, 0.1) is 5.02 Å². The standard InChI is InChI=1S/C10H11BrClNO4S/c1-2-8(10(14)15)13-18(16,17)9-6(11)4-3-5-7(9)12/h3-5,8,13H,2H2,1H3,(H,14,15)/t8-/m0/s1. The molecule has 0 aliphatic heterocycles. The van der Waals surface area contributed by atoms with E-state index in [4.69, 9.17) is 16.7 Å². The van der Waals surface area contributed by atoms with Gasteiger partial charge in [-0.15, -0.1) is 0 Å². The molecule has 100 valence electrons. The van der Waals surface area contributed by atoms with Crippen LogP contribution in [0.15, 0.2) is 27.6 Å². The van der Waals surface area contributed by atoms with E-state index in [1.54, 1.807) is 13.0 Å². The molecule has 0 bridgehead atoms. The molecular weight excluding hydrogens is 346 g/mol. The van der Waals surface area contributed by atoms with E-state index in [0.29, 0.717) is 0 Å². The smallest absolute Gasteiger partial charge is 0.321 e. The highest BCUT2D eigenvalue weighted by Crippen LogP contribution is 2.29. The van der Waals surface area contributed by atoms with Gasteiger partial charge in [-0.2, -0.15) is 4.72 Å². The van der Waals surface area contributed by atoms with Gasteiger partial charge in [0, 0.05) is 4.47 Å². The number of benzene rings is 1. The lowest BCUT2D eigenvalue weighted by atomic mass is 10.2. The summed E-state index contributed by atoms with van der Waals surface area (Å²) in [5.41, 5.74) is 0. The number of carboxylic acids is 1. The van der Waals surface area contributed by atoms with Crippen molar-refractivity contribution >= 4 is 43.5 Å². The van der Waals surface area contributed by atoms with Gasteiger partial charge in [-0.25, -0.2) is 8.42 Å². The van der Waals surface area contributed by atoms with Gasteiger partial charge in [-0.1, -0.05) is 24.6 Å². The molecule has 0 heterocycles. The molecule has 0 aliphatic carbocycles.